The summed E-state index contributed by atoms with van der Waals surface area (Å²) in [6.45, 7) is 0. The molecule has 0 aliphatic heterocycles. The molecular formula is C16H15NO2. The van der Waals surface area contributed by atoms with Gasteiger partial charge in [0.05, 0.1) is 0 Å². The zero-order chi connectivity index (χ0) is 13.5. The van der Waals surface area contributed by atoms with Gasteiger partial charge in [0.25, 0.3) is 5.91 Å². The molecule has 0 aliphatic carbocycles. The number of nitrogens with one attached hydrogen (secondary N) is 1. The number of para-hydroxylation sites is 1. The molecule has 0 aromatic heterocycles. The van der Waals surface area contributed by atoms with Crippen LogP contribution in [0.2, 0.25) is 0 Å². The van der Waals surface area contributed by atoms with Gasteiger partial charge in [0.1, 0.15) is 0 Å². The molecule has 3 nitrogen and oxygen atoms in total. The summed E-state index contributed by atoms with van der Waals surface area (Å²) in [6, 6.07) is 18.6. The second kappa shape index (κ2) is 6.52. The fourth-order valence-electron chi connectivity index (χ4n) is 1.59. The van der Waals surface area contributed by atoms with Crippen molar-refractivity contribution in [2.45, 2.75) is 6.10 Å². The van der Waals surface area contributed by atoms with Crippen molar-refractivity contribution in [3.63, 3.8) is 0 Å². The highest BCUT2D eigenvalue weighted by Gasteiger charge is 2.10. The Morgan fingerprint density at radius 1 is 1.00 bits per heavy atom. The molecule has 3 heteroatoms. The Kier molecular flexibility index (Phi) is 4.48. The quantitative estimate of drug-likeness (QED) is 0.880. The van der Waals surface area contributed by atoms with Crippen LogP contribution in [0.1, 0.15) is 5.56 Å². The summed E-state index contributed by atoms with van der Waals surface area (Å²) in [6.07, 6.45) is 2.02. The summed E-state index contributed by atoms with van der Waals surface area (Å²) in [4.78, 5) is 11.7. The maximum absolute atomic E-state index is 11.7. The Bertz CT molecular complexity index is 549. The Morgan fingerprint density at radius 3 is 2.21 bits per heavy atom. The molecule has 2 aromatic carbocycles. The number of aliphatic hydroxyl groups excluding tert-OH is 1. The second-order valence-corrected chi connectivity index (χ2v) is 4.07. The van der Waals surface area contributed by atoms with Gasteiger partial charge in [-0.1, -0.05) is 54.6 Å². The number of rotatable bonds is 4. The van der Waals surface area contributed by atoms with Crippen molar-refractivity contribution in [2.75, 3.05) is 5.32 Å². The summed E-state index contributed by atoms with van der Waals surface area (Å²) in [5.41, 5.74) is 1.61. The molecule has 0 saturated carbocycles. The van der Waals surface area contributed by atoms with Crippen LogP contribution >= 0.6 is 0 Å². The lowest BCUT2D eigenvalue weighted by Gasteiger charge is -2.07. The van der Waals surface area contributed by atoms with E-state index in [-0.39, 0.29) is 0 Å². The van der Waals surface area contributed by atoms with Crippen LogP contribution in [0.25, 0.3) is 6.08 Å². The maximum atomic E-state index is 11.7. The lowest BCUT2D eigenvalue weighted by atomic mass is 10.2. The van der Waals surface area contributed by atoms with E-state index in [9.17, 15) is 9.90 Å². The summed E-state index contributed by atoms with van der Waals surface area (Å²) < 4.78 is 0. The van der Waals surface area contributed by atoms with Crippen LogP contribution in [-0.4, -0.2) is 17.1 Å². The average molecular weight is 253 g/mol. The molecule has 1 atom stereocenters. The highest BCUT2D eigenvalue weighted by atomic mass is 16.3. The molecule has 96 valence electrons. The van der Waals surface area contributed by atoms with E-state index in [1.165, 1.54) is 6.08 Å². The minimum absolute atomic E-state index is 0.446. The molecule has 0 unspecified atom stereocenters. The Hall–Kier alpha value is -2.39. The van der Waals surface area contributed by atoms with Crippen molar-refractivity contribution < 1.29 is 9.90 Å². The van der Waals surface area contributed by atoms with Gasteiger partial charge in [-0.2, -0.15) is 0 Å². The van der Waals surface area contributed by atoms with Crippen LogP contribution < -0.4 is 5.32 Å². The molecule has 2 aromatic rings. The zero-order valence-electron chi connectivity index (χ0n) is 10.4. The smallest absolute Gasteiger partial charge is 0.257 e. The lowest BCUT2D eigenvalue weighted by Crippen LogP contribution is -2.25. The van der Waals surface area contributed by atoms with Gasteiger partial charge < -0.3 is 10.4 Å². The number of carbonyl (C=O) groups is 1. The molecule has 1 amide bonds. The highest BCUT2D eigenvalue weighted by molar-refractivity contribution is 5.95. The number of carbonyl (C=O) groups excluding carboxylic acids is 1. The number of amides is 1. The molecule has 0 radical (unpaired) electrons. The minimum atomic E-state index is -1.17. The SMILES string of the molecule is O=C(Nc1ccccc1)[C@H](O)/C=C/c1ccccc1. The van der Waals surface area contributed by atoms with E-state index < -0.39 is 12.0 Å². The van der Waals surface area contributed by atoms with Crippen molar-refractivity contribution in [1.29, 1.82) is 0 Å². The monoisotopic (exact) mass is 253 g/mol. The fourth-order valence-corrected chi connectivity index (χ4v) is 1.59. The third-order valence-electron chi connectivity index (χ3n) is 2.58. The standard InChI is InChI=1S/C16H15NO2/c18-15(12-11-13-7-3-1-4-8-13)16(19)17-14-9-5-2-6-10-14/h1-12,15,18H,(H,17,19)/b12-11+/t15-/m1/s1. The maximum Gasteiger partial charge on any atom is 0.257 e. The molecule has 2 rings (SSSR count). The van der Waals surface area contributed by atoms with Gasteiger partial charge in [-0.15, -0.1) is 0 Å². The predicted molar refractivity (Wildman–Crippen MR) is 76.6 cm³/mol. The third-order valence-corrected chi connectivity index (χ3v) is 2.58. The number of anilines is 1. The van der Waals surface area contributed by atoms with E-state index in [0.717, 1.165) is 5.56 Å². The first-order chi connectivity index (χ1) is 9.25. The van der Waals surface area contributed by atoms with Crippen LogP contribution in [0.5, 0.6) is 0 Å². The summed E-state index contributed by atoms with van der Waals surface area (Å²) in [5.74, 6) is -0.446. The van der Waals surface area contributed by atoms with Crippen LogP contribution in [0.15, 0.2) is 66.7 Å². The molecule has 0 fully saturated rings. The molecule has 0 heterocycles. The molecule has 19 heavy (non-hydrogen) atoms. The second-order valence-electron chi connectivity index (χ2n) is 4.07. The first-order valence-corrected chi connectivity index (χ1v) is 6.03. The summed E-state index contributed by atoms with van der Waals surface area (Å²) in [5, 5.41) is 12.4. The van der Waals surface area contributed by atoms with E-state index in [2.05, 4.69) is 5.32 Å². The summed E-state index contributed by atoms with van der Waals surface area (Å²) >= 11 is 0. The van der Waals surface area contributed by atoms with Gasteiger partial charge in [-0.25, -0.2) is 0 Å². The summed E-state index contributed by atoms with van der Waals surface area (Å²) in [7, 11) is 0. The van der Waals surface area contributed by atoms with E-state index in [1.54, 1.807) is 18.2 Å². The van der Waals surface area contributed by atoms with Crippen LogP contribution in [0.4, 0.5) is 5.69 Å². The predicted octanol–water partition coefficient (Wildman–Crippen LogP) is 2.70. The lowest BCUT2D eigenvalue weighted by molar-refractivity contribution is -0.121. The van der Waals surface area contributed by atoms with E-state index in [1.807, 2.05) is 48.5 Å². The van der Waals surface area contributed by atoms with E-state index in [0.29, 0.717) is 5.69 Å². The Morgan fingerprint density at radius 2 is 1.58 bits per heavy atom. The van der Waals surface area contributed by atoms with E-state index >= 15 is 0 Å². The van der Waals surface area contributed by atoms with Gasteiger partial charge in [0.2, 0.25) is 0 Å². The molecule has 0 saturated heterocycles. The molecule has 2 N–H and O–H groups in total. The average Bonchev–Trinajstić information content (AvgIpc) is 2.47. The fraction of sp³-hybridized carbons (Fsp3) is 0.0625. The van der Waals surface area contributed by atoms with E-state index in [4.69, 9.17) is 0 Å². The van der Waals surface area contributed by atoms with Gasteiger partial charge in [-0.05, 0) is 23.8 Å². The largest absolute Gasteiger partial charge is 0.379 e. The van der Waals surface area contributed by atoms with Gasteiger partial charge in [0, 0.05) is 5.69 Å². The Labute approximate surface area is 112 Å². The Balaban J connectivity index is 1.95. The number of hydrogen-bond donors (Lipinski definition) is 2. The first-order valence-electron chi connectivity index (χ1n) is 6.03. The molecule has 0 bridgehead atoms. The van der Waals surface area contributed by atoms with Crippen molar-refractivity contribution in [2.24, 2.45) is 0 Å². The van der Waals surface area contributed by atoms with Crippen LogP contribution in [0, 0.1) is 0 Å². The minimum Gasteiger partial charge on any atom is -0.379 e. The number of benzene rings is 2. The third kappa shape index (κ3) is 4.08. The van der Waals surface area contributed by atoms with Gasteiger partial charge in [0.15, 0.2) is 6.10 Å². The van der Waals surface area contributed by atoms with Crippen LogP contribution in [-0.2, 0) is 4.79 Å². The van der Waals surface area contributed by atoms with Gasteiger partial charge >= 0.3 is 0 Å². The number of hydrogen-bond acceptors (Lipinski definition) is 2. The zero-order valence-corrected chi connectivity index (χ0v) is 10.4. The van der Waals surface area contributed by atoms with Crippen molar-refractivity contribution in [3.05, 3.63) is 72.3 Å². The first kappa shape index (κ1) is 13.1. The molecule has 0 spiro atoms. The van der Waals surface area contributed by atoms with Crippen molar-refractivity contribution >= 4 is 17.7 Å². The van der Waals surface area contributed by atoms with Gasteiger partial charge in [-0.3, -0.25) is 4.79 Å². The molecular weight excluding hydrogens is 238 g/mol. The normalized spacial score (nSPS) is 12.3. The van der Waals surface area contributed by atoms with Crippen molar-refractivity contribution in [3.8, 4) is 0 Å². The highest BCUT2D eigenvalue weighted by Crippen LogP contribution is 2.07. The molecule has 0 aliphatic rings. The van der Waals surface area contributed by atoms with Crippen molar-refractivity contribution in [1.82, 2.24) is 0 Å². The van der Waals surface area contributed by atoms with Crippen LogP contribution in [0.3, 0.4) is 0 Å². The topological polar surface area (TPSA) is 49.3 Å². The number of aliphatic hydroxyl groups is 1.